The number of amides is 2. The lowest BCUT2D eigenvalue weighted by Crippen LogP contribution is -2.39. The van der Waals surface area contributed by atoms with E-state index in [1.165, 1.54) is 0 Å². The number of carbonyl (C=O) groups is 2. The summed E-state index contributed by atoms with van der Waals surface area (Å²) in [5.74, 6) is -0.156. The molecule has 2 aliphatic heterocycles. The van der Waals surface area contributed by atoms with Crippen LogP contribution in [0.2, 0.25) is 0 Å². The number of carbonyl (C=O) groups excluding carboxylic acids is 2. The molecule has 2 fully saturated rings. The molecule has 0 aliphatic carbocycles. The largest absolute Gasteiger partial charge is 0.444 e. The van der Waals surface area contributed by atoms with Crippen LogP contribution in [0.15, 0.2) is 10.9 Å². The maximum Gasteiger partial charge on any atom is 0.410 e. The molecular formula is C30H44N4O5S. The standard InChI is InChI=1S/C30H44N4O5S/c1-8-34(22-10-13-38-14-11-22)28-20(4)24(27(36)31-16-23-18(2)15-19(3)32-26(23)35)25(40-28)21-9-12-33(17-21)29(37)39-30(5,6)7/h15,21-22H,8-14,16-17H2,1-7H3,(H,31,36)(H,32,35). The molecule has 2 amide bonds. The average molecular weight is 573 g/mol. The molecule has 1 atom stereocenters. The molecule has 2 N–H and O–H groups in total. The van der Waals surface area contributed by atoms with Crippen LogP contribution in [0.25, 0.3) is 0 Å². The van der Waals surface area contributed by atoms with E-state index in [0.717, 1.165) is 65.7 Å². The van der Waals surface area contributed by atoms with E-state index >= 15 is 0 Å². The number of pyridine rings is 1. The Hall–Kier alpha value is -2.85. The Balaban J connectivity index is 1.65. The van der Waals surface area contributed by atoms with Crippen molar-refractivity contribution in [2.75, 3.05) is 37.7 Å². The number of nitrogens with zero attached hydrogens (tertiary/aromatic N) is 2. The molecule has 2 aromatic rings. The first-order valence-electron chi connectivity index (χ1n) is 14.3. The summed E-state index contributed by atoms with van der Waals surface area (Å²) in [6.45, 7) is 17.1. The minimum absolute atomic E-state index is 0.0311. The first-order chi connectivity index (χ1) is 18.9. The average Bonchev–Trinajstić information content (AvgIpc) is 3.49. The number of aromatic nitrogens is 1. The maximum atomic E-state index is 13.8. The maximum absolute atomic E-state index is 13.8. The van der Waals surface area contributed by atoms with E-state index in [4.69, 9.17) is 9.47 Å². The minimum Gasteiger partial charge on any atom is -0.444 e. The number of H-pyrrole nitrogens is 1. The van der Waals surface area contributed by atoms with E-state index in [0.29, 0.717) is 30.3 Å². The predicted octanol–water partition coefficient (Wildman–Crippen LogP) is 5.02. The predicted molar refractivity (Wildman–Crippen MR) is 159 cm³/mol. The first kappa shape index (κ1) is 30.1. The lowest BCUT2D eigenvalue weighted by Gasteiger charge is -2.35. The van der Waals surface area contributed by atoms with Gasteiger partial charge in [-0.15, -0.1) is 11.3 Å². The number of hydrogen-bond donors (Lipinski definition) is 2. The molecular weight excluding hydrogens is 528 g/mol. The summed E-state index contributed by atoms with van der Waals surface area (Å²) in [6, 6.07) is 2.27. The molecule has 4 rings (SSSR count). The molecule has 220 valence electrons. The molecule has 0 spiro atoms. The minimum atomic E-state index is -0.565. The molecule has 4 heterocycles. The van der Waals surface area contributed by atoms with E-state index < -0.39 is 5.60 Å². The van der Waals surface area contributed by atoms with Crippen LogP contribution < -0.4 is 15.8 Å². The van der Waals surface area contributed by atoms with Crippen LogP contribution in [-0.2, 0) is 16.0 Å². The van der Waals surface area contributed by atoms with Gasteiger partial charge in [-0.1, -0.05) is 0 Å². The third kappa shape index (κ3) is 6.71. The highest BCUT2D eigenvalue weighted by molar-refractivity contribution is 7.16. The Morgan fingerprint density at radius 1 is 1.20 bits per heavy atom. The van der Waals surface area contributed by atoms with Crippen LogP contribution in [-0.4, -0.2) is 66.4 Å². The Morgan fingerprint density at radius 2 is 1.90 bits per heavy atom. The zero-order valence-electron chi connectivity index (χ0n) is 24.9. The number of anilines is 1. The zero-order valence-corrected chi connectivity index (χ0v) is 25.8. The Morgan fingerprint density at radius 3 is 2.52 bits per heavy atom. The molecule has 2 aliphatic rings. The van der Waals surface area contributed by atoms with Gasteiger partial charge in [0.15, 0.2) is 0 Å². The van der Waals surface area contributed by atoms with Crippen molar-refractivity contribution in [2.24, 2.45) is 0 Å². The smallest absolute Gasteiger partial charge is 0.410 e. The van der Waals surface area contributed by atoms with Crippen molar-refractivity contribution < 1.29 is 19.1 Å². The third-order valence-corrected chi connectivity index (χ3v) is 9.23. The Bertz CT molecular complexity index is 1290. The molecule has 2 aromatic heterocycles. The fourth-order valence-corrected chi connectivity index (χ4v) is 7.32. The molecule has 40 heavy (non-hydrogen) atoms. The van der Waals surface area contributed by atoms with Crippen LogP contribution >= 0.6 is 11.3 Å². The zero-order chi connectivity index (χ0) is 29.2. The number of hydrogen-bond acceptors (Lipinski definition) is 7. The molecule has 1 unspecified atom stereocenters. The van der Waals surface area contributed by atoms with Gasteiger partial charge in [0.05, 0.1) is 10.6 Å². The van der Waals surface area contributed by atoms with Gasteiger partial charge >= 0.3 is 6.09 Å². The van der Waals surface area contributed by atoms with E-state index in [-0.39, 0.29) is 30.0 Å². The summed E-state index contributed by atoms with van der Waals surface area (Å²) in [5, 5.41) is 4.15. The quantitative estimate of drug-likeness (QED) is 0.483. The molecule has 0 aromatic carbocycles. The van der Waals surface area contributed by atoms with Gasteiger partial charge < -0.3 is 29.6 Å². The highest BCUT2D eigenvalue weighted by atomic mass is 32.1. The van der Waals surface area contributed by atoms with Crippen LogP contribution in [0.1, 0.15) is 90.5 Å². The fraction of sp³-hybridized carbons (Fsp3) is 0.633. The number of aryl methyl sites for hydroxylation is 2. The first-order valence-corrected chi connectivity index (χ1v) is 15.1. The normalized spacial score (nSPS) is 18.2. The third-order valence-electron chi connectivity index (χ3n) is 7.74. The second-order valence-corrected chi connectivity index (χ2v) is 13.0. The summed E-state index contributed by atoms with van der Waals surface area (Å²) < 4.78 is 11.2. The van der Waals surface area contributed by atoms with Gasteiger partial charge in [-0.05, 0) is 84.9 Å². The summed E-state index contributed by atoms with van der Waals surface area (Å²) in [4.78, 5) is 47.2. The number of likely N-dealkylation sites (tertiary alicyclic amines) is 1. The molecule has 9 nitrogen and oxygen atoms in total. The van der Waals surface area contributed by atoms with Gasteiger partial charge in [0.1, 0.15) is 5.60 Å². The summed E-state index contributed by atoms with van der Waals surface area (Å²) in [5.41, 5.74) is 3.08. The van der Waals surface area contributed by atoms with Gasteiger partial charge in [0.25, 0.3) is 11.5 Å². The van der Waals surface area contributed by atoms with E-state index in [1.54, 1.807) is 16.2 Å². The second kappa shape index (κ2) is 12.3. The van der Waals surface area contributed by atoms with Crippen LogP contribution in [0.5, 0.6) is 0 Å². The molecule has 0 radical (unpaired) electrons. The number of ether oxygens (including phenoxy) is 2. The van der Waals surface area contributed by atoms with Crippen molar-refractivity contribution in [3.8, 4) is 0 Å². The molecule has 0 bridgehead atoms. The molecule has 10 heteroatoms. The molecule has 0 saturated carbocycles. The van der Waals surface area contributed by atoms with Gasteiger partial charge in [-0.2, -0.15) is 0 Å². The molecule has 2 saturated heterocycles. The highest BCUT2D eigenvalue weighted by Gasteiger charge is 2.36. The number of thiophene rings is 1. The highest BCUT2D eigenvalue weighted by Crippen LogP contribution is 2.44. The van der Waals surface area contributed by atoms with E-state index in [9.17, 15) is 14.4 Å². The summed E-state index contributed by atoms with van der Waals surface area (Å²) >= 11 is 1.67. The van der Waals surface area contributed by atoms with Crippen LogP contribution in [0.3, 0.4) is 0 Å². The van der Waals surface area contributed by atoms with Crippen molar-refractivity contribution >= 4 is 28.3 Å². The number of nitrogens with one attached hydrogen (secondary N) is 2. The van der Waals surface area contributed by atoms with Crippen LogP contribution in [0.4, 0.5) is 9.80 Å². The topological polar surface area (TPSA) is 104 Å². The Kier molecular flexibility index (Phi) is 9.29. The van der Waals surface area contributed by atoms with Crippen molar-refractivity contribution in [3.05, 3.63) is 49.2 Å². The van der Waals surface area contributed by atoms with E-state index in [1.807, 2.05) is 47.6 Å². The van der Waals surface area contributed by atoms with E-state index in [2.05, 4.69) is 22.1 Å². The van der Waals surface area contributed by atoms with Crippen molar-refractivity contribution in [2.45, 2.75) is 91.8 Å². The van der Waals surface area contributed by atoms with Crippen LogP contribution in [0, 0.1) is 20.8 Å². The fourth-order valence-electron chi connectivity index (χ4n) is 5.76. The van der Waals surface area contributed by atoms with Crippen molar-refractivity contribution in [1.82, 2.24) is 15.2 Å². The summed E-state index contributed by atoms with van der Waals surface area (Å²) in [7, 11) is 0. The second-order valence-electron chi connectivity index (χ2n) is 11.9. The Labute approximate surface area is 241 Å². The van der Waals surface area contributed by atoms with Crippen molar-refractivity contribution in [3.63, 3.8) is 0 Å². The van der Waals surface area contributed by atoms with Gasteiger partial charge in [-0.25, -0.2) is 4.79 Å². The van der Waals surface area contributed by atoms with Crippen molar-refractivity contribution in [1.29, 1.82) is 0 Å². The van der Waals surface area contributed by atoms with Gasteiger partial charge in [0, 0.05) is 67.5 Å². The monoisotopic (exact) mass is 572 g/mol. The number of rotatable bonds is 7. The SMILES string of the molecule is CCN(c1sc(C2CCN(C(=O)OC(C)(C)C)C2)c(C(=O)NCc2c(C)cc(C)[nH]c2=O)c1C)C1CCOCC1. The lowest BCUT2D eigenvalue weighted by molar-refractivity contribution is 0.0292. The lowest BCUT2D eigenvalue weighted by atomic mass is 9.99. The van der Waals surface area contributed by atoms with Gasteiger partial charge in [-0.3, -0.25) is 9.59 Å². The number of aromatic amines is 1. The summed E-state index contributed by atoms with van der Waals surface area (Å²) in [6.07, 6.45) is 2.35. The van der Waals surface area contributed by atoms with Gasteiger partial charge in [0.2, 0.25) is 0 Å².